The van der Waals surface area contributed by atoms with Gasteiger partial charge in [0.15, 0.2) is 0 Å². The molecule has 2 aromatic carbocycles. The Morgan fingerprint density at radius 1 is 1.25 bits per heavy atom. The molecule has 0 aliphatic carbocycles. The number of nitrogens with zero attached hydrogens (tertiary/aromatic N) is 2. The third kappa shape index (κ3) is 3.31. The van der Waals surface area contributed by atoms with Gasteiger partial charge >= 0.3 is 0 Å². The molecule has 1 saturated heterocycles. The number of anilines is 1. The fourth-order valence-corrected chi connectivity index (χ4v) is 4.70. The molecule has 2 aromatic rings. The second kappa shape index (κ2) is 7.61. The maximum atomic E-state index is 13.3. The number of piperidine rings is 1. The van der Waals surface area contributed by atoms with Crippen LogP contribution in [-0.2, 0) is 5.41 Å². The summed E-state index contributed by atoms with van der Waals surface area (Å²) in [6, 6.07) is 13.2. The van der Waals surface area contributed by atoms with Crippen molar-refractivity contribution in [1.82, 2.24) is 4.90 Å². The van der Waals surface area contributed by atoms with Gasteiger partial charge in [0.2, 0.25) is 0 Å². The number of likely N-dealkylation sites (tertiary alicyclic amines) is 1. The summed E-state index contributed by atoms with van der Waals surface area (Å²) in [4.78, 5) is 17.7. The van der Waals surface area contributed by atoms with Gasteiger partial charge in [-0.15, -0.1) is 6.58 Å². The maximum absolute atomic E-state index is 13.3. The molecule has 1 fully saturated rings. The second-order valence-electron chi connectivity index (χ2n) is 7.65. The highest BCUT2D eigenvalue weighted by Crippen LogP contribution is 2.48. The minimum absolute atomic E-state index is 0.000636. The van der Waals surface area contributed by atoms with E-state index in [1.165, 1.54) is 5.56 Å². The summed E-state index contributed by atoms with van der Waals surface area (Å²) >= 11 is 6.12. The van der Waals surface area contributed by atoms with Crippen LogP contribution in [-0.4, -0.2) is 44.1 Å². The predicted molar refractivity (Wildman–Crippen MR) is 114 cm³/mol. The van der Waals surface area contributed by atoms with E-state index in [-0.39, 0.29) is 11.3 Å². The van der Waals surface area contributed by atoms with Crippen LogP contribution < -0.4 is 9.64 Å². The summed E-state index contributed by atoms with van der Waals surface area (Å²) in [6.45, 7) is 7.47. The summed E-state index contributed by atoms with van der Waals surface area (Å²) in [5, 5.41) is 0.576. The number of rotatable bonds is 4. The third-order valence-electron chi connectivity index (χ3n) is 6.04. The Morgan fingerprint density at radius 3 is 2.71 bits per heavy atom. The van der Waals surface area contributed by atoms with Gasteiger partial charge in [0.25, 0.3) is 5.91 Å². The van der Waals surface area contributed by atoms with E-state index in [4.69, 9.17) is 16.3 Å². The average molecular weight is 397 g/mol. The fourth-order valence-electron chi connectivity index (χ4n) is 4.51. The molecule has 146 valence electrons. The van der Waals surface area contributed by atoms with Crippen LogP contribution in [0.3, 0.4) is 0 Å². The van der Waals surface area contributed by atoms with Crippen LogP contribution in [0.15, 0.2) is 55.1 Å². The Labute approximate surface area is 171 Å². The summed E-state index contributed by atoms with van der Waals surface area (Å²) in [5.74, 6) is 0.836. The van der Waals surface area contributed by atoms with Crippen LogP contribution in [0.2, 0.25) is 5.02 Å². The van der Waals surface area contributed by atoms with Gasteiger partial charge in [0.1, 0.15) is 5.75 Å². The van der Waals surface area contributed by atoms with E-state index in [9.17, 15) is 4.79 Å². The van der Waals surface area contributed by atoms with Crippen molar-refractivity contribution < 1.29 is 9.53 Å². The molecule has 4 nitrogen and oxygen atoms in total. The number of ether oxygens (including phenoxy) is 1. The summed E-state index contributed by atoms with van der Waals surface area (Å²) in [5.41, 5.74) is 2.80. The molecule has 2 aliphatic rings. The van der Waals surface area contributed by atoms with Gasteiger partial charge in [-0.1, -0.05) is 23.7 Å². The molecular weight excluding hydrogens is 372 g/mol. The first-order chi connectivity index (χ1) is 13.6. The lowest BCUT2D eigenvalue weighted by molar-refractivity contribution is 0.0977. The van der Waals surface area contributed by atoms with E-state index < -0.39 is 0 Å². The van der Waals surface area contributed by atoms with Crippen molar-refractivity contribution in [2.24, 2.45) is 0 Å². The molecule has 0 N–H and O–H groups in total. The topological polar surface area (TPSA) is 32.8 Å². The average Bonchev–Trinajstić information content (AvgIpc) is 3.03. The molecule has 2 aliphatic heterocycles. The van der Waals surface area contributed by atoms with E-state index in [0.29, 0.717) is 17.1 Å². The van der Waals surface area contributed by atoms with E-state index in [2.05, 4.69) is 17.5 Å². The minimum atomic E-state index is -0.0320. The van der Waals surface area contributed by atoms with Gasteiger partial charge in [0, 0.05) is 34.8 Å². The molecule has 2 heterocycles. The molecule has 1 spiro atoms. The zero-order valence-electron chi connectivity index (χ0n) is 16.2. The highest BCUT2D eigenvalue weighted by Gasteiger charge is 2.46. The first-order valence-electron chi connectivity index (χ1n) is 9.65. The minimum Gasteiger partial charge on any atom is -0.497 e. The van der Waals surface area contributed by atoms with Crippen LogP contribution in [0.5, 0.6) is 5.75 Å². The normalized spacial score (nSPS) is 18.1. The molecule has 1 amide bonds. The molecular formula is C23H25ClN2O2. The summed E-state index contributed by atoms with van der Waals surface area (Å²) < 4.78 is 5.48. The smallest absolute Gasteiger partial charge is 0.258 e. The van der Waals surface area contributed by atoms with Crippen molar-refractivity contribution in [1.29, 1.82) is 0 Å². The predicted octanol–water partition coefficient (Wildman–Crippen LogP) is 4.53. The van der Waals surface area contributed by atoms with Crippen molar-refractivity contribution in [3.63, 3.8) is 0 Å². The van der Waals surface area contributed by atoms with Crippen LogP contribution in [0.25, 0.3) is 0 Å². The second-order valence-corrected chi connectivity index (χ2v) is 8.09. The molecule has 0 aromatic heterocycles. The molecule has 28 heavy (non-hydrogen) atoms. The largest absolute Gasteiger partial charge is 0.497 e. The van der Waals surface area contributed by atoms with Crippen LogP contribution in [0.1, 0.15) is 28.8 Å². The van der Waals surface area contributed by atoms with Crippen molar-refractivity contribution >= 4 is 23.2 Å². The molecule has 4 rings (SSSR count). The number of carbonyl (C=O) groups excluding carboxylic acids is 1. The number of benzene rings is 2. The lowest BCUT2D eigenvalue weighted by Gasteiger charge is -2.39. The number of methoxy groups -OCH3 is 1. The number of amides is 1. The Morgan fingerprint density at radius 2 is 2.04 bits per heavy atom. The number of hydrogen-bond acceptors (Lipinski definition) is 3. The van der Waals surface area contributed by atoms with Crippen molar-refractivity contribution in [3.8, 4) is 5.75 Å². The maximum Gasteiger partial charge on any atom is 0.258 e. The van der Waals surface area contributed by atoms with Gasteiger partial charge in [-0.05, 0) is 67.9 Å². The molecule has 0 saturated carbocycles. The van der Waals surface area contributed by atoms with Crippen LogP contribution in [0, 0.1) is 0 Å². The van der Waals surface area contributed by atoms with E-state index in [1.807, 2.05) is 35.2 Å². The number of halogens is 1. The van der Waals surface area contributed by atoms with Gasteiger partial charge in [-0.2, -0.15) is 0 Å². The molecule has 0 radical (unpaired) electrons. The monoisotopic (exact) mass is 396 g/mol. The van der Waals surface area contributed by atoms with E-state index in [0.717, 1.165) is 43.9 Å². The van der Waals surface area contributed by atoms with Gasteiger partial charge in [-0.3, -0.25) is 9.69 Å². The Bertz CT molecular complexity index is 903. The van der Waals surface area contributed by atoms with Gasteiger partial charge in [0.05, 0.1) is 7.11 Å². The zero-order valence-corrected chi connectivity index (χ0v) is 16.9. The van der Waals surface area contributed by atoms with Crippen LogP contribution >= 0.6 is 11.6 Å². The summed E-state index contributed by atoms with van der Waals surface area (Å²) in [7, 11) is 1.69. The first kappa shape index (κ1) is 19.0. The SMILES string of the molecule is C=CCN1CCC2(CC1)CN(C(=O)c1cccc(Cl)c1)c1ccc(OC)cc12. The lowest BCUT2D eigenvalue weighted by Crippen LogP contribution is -2.46. The standard InChI is InChI=1S/C23H25ClN2O2/c1-3-11-25-12-9-23(10-13-25)16-26(21-8-7-19(28-2)15-20(21)23)22(27)17-5-4-6-18(24)14-17/h3-8,14-15H,1,9-13,16H2,2H3. The quantitative estimate of drug-likeness (QED) is 0.712. The molecule has 0 unspecified atom stereocenters. The lowest BCUT2D eigenvalue weighted by atomic mass is 9.74. The summed E-state index contributed by atoms with van der Waals surface area (Å²) in [6.07, 6.45) is 3.99. The van der Waals surface area contributed by atoms with Crippen molar-refractivity contribution in [2.45, 2.75) is 18.3 Å². The first-order valence-corrected chi connectivity index (χ1v) is 10.0. The van der Waals surface area contributed by atoms with Crippen molar-refractivity contribution in [2.75, 3.05) is 38.2 Å². The van der Waals surface area contributed by atoms with E-state index in [1.54, 1.807) is 19.2 Å². The third-order valence-corrected chi connectivity index (χ3v) is 6.28. The number of fused-ring (bicyclic) bond motifs is 2. The van der Waals surface area contributed by atoms with Crippen LogP contribution in [0.4, 0.5) is 5.69 Å². The number of hydrogen-bond donors (Lipinski definition) is 0. The molecule has 0 bridgehead atoms. The zero-order chi connectivity index (χ0) is 19.7. The Balaban J connectivity index is 1.70. The highest BCUT2D eigenvalue weighted by atomic mass is 35.5. The van der Waals surface area contributed by atoms with E-state index >= 15 is 0 Å². The van der Waals surface area contributed by atoms with Crippen molar-refractivity contribution in [3.05, 3.63) is 71.3 Å². The Hall–Kier alpha value is -2.30. The molecule has 5 heteroatoms. The highest BCUT2D eigenvalue weighted by molar-refractivity contribution is 6.31. The van der Waals surface area contributed by atoms with Gasteiger partial charge in [-0.25, -0.2) is 0 Å². The van der Waals surface area contributed by atoms with Gasteiger partial charge < -0.3 is 9.64 Å². The fraction of sp³-hybridized carbons (Fsp3) is 0.348. The Kier molecular flexibility index (Phi) is 5.17. The number of carbonyl (C=O) groups is 1. The molecule has 0 atom stereocenters.